The summed E-state index contributed by atoms with van der Waals surface area (Å²) < 4.78 is 0. The molecule has 2 fully saturated rings. The Morgan fingerprint density at radius 2 is 2.15 bits per heavy atom. The maximum Gasteiger partial charge on any atom is 0.223 e. The summed E-state index contributed by atoms with van der Waals surface area (Å²) in [4.78, 5) is 14.6. The lowest BCUT2D eigenvalue weighted by molar-refractivity contribution is -0.144. The van der Waals surface area contributed by atoms with Crippen LogP contribution in [0.5, 0.6) is 0 Å². The first kappa shape index (κ1) is 13.6. The van der Waals surface area contributed by atoms with E-state index >= 15 is 0 Å². The number of carbonyl (C=O) groups excluding carboxylic acids is 1. The van der Waals surface area contributed by atoms with Gasteiger partial charge < -0.3 is 10.0 Å². The number of nitrogens with zero attached hydrogens (tertiary/aromatic N) is 2. The van der Waals surface area contributed by atoms with Gasteiger partial charge in [-0.25, -0.2) is 0 Å². The number of aromatic nitrogens is 2. The number of nitrogens with one attached hydrogen (secondary N) is 1. The van der Waals surface area contributed by atoms with Gasteiger partial charge in [-0.15, -0.1) is 0 Å². The number of carbonyl (C=O) groups is 1. The fourth-order valence-electron chi connectivity index (χ4n) is 3.75. The van der Waals surface area contributed by atoms with Gasteiger partial charge in [-0.2, -0.15) is 5.10 Å². The second kappa shape index (κ2) is 5.95. The molecule has 2 N–H and O–H groups in total. The van der Waals surface area contributed by atoms with Gasteiger partial charge >= 0.3 is 0 Å². The van der Waals surface area contributed by atoms with Crippen LogP contribution in [0.25, 0.3) is 0 Å². The maximum absolute atomic E-state index is 12.5. The number of rotatable bonds is 4. The fraction of sp³-hybridized carbons (Fsp3) is 0.733. The van der Waals surface area contributed by atoms with Crippen molar-refractivity contribution in [2.24, 2.45) is 0 Å². The average Bonchev–Trinajstić information content (AvgIpc) is 2.90. The number of aromatic amines is 1. The number of hydrogen-bond donors (Lipinski definition) is 2. The Hall–Kier alpha value is -1.36. The van der Waals surface area contributed by atoms with Crippen molar-refractivity contribution in [1.82, 2.24) is 15.1 Å². The van der Waals surface area contributed by atoms with E-state index in [1.807, 2.05) is 12.4 Å². The van der Waals surface area contributed by atoms with Crippen molar-refractivity contribution in [2.75, 3.05) is 0 Å². The topological polar surface area (TPSA) is 69.2 Å². The Balaban J connectivity index is 1.53. The molecule has 1 amide bonds. The number of fused-ring (bicyclic) bond motifs is 2. The summed E-state index contributed by atoms with van der Waals surface area (Å²) in [6, 6.07) is 0.554. The molecule has 5 nitrogen and oxygen atoms in total. The summed E-state index contributed by atoms with van der Waals surface area (Å²) in [6.07, 6.45) is 10.7. The first-order valence-electron chi connectivity index (χ1n) is 7.71. The van der Waals surface area contributed by atoms with E-state index < -0.39 is 0 Å². The van der Waals surface area contributed by atoms with E-state index in [4.69, 9.17) is 0 Å². The normalized spacial score (nSPS) is 29.4. The second-order valence-corrected chi connectivity index (χ2v) is 6.12. The van der Waals surface area contributed by atoms with Gasteiger partial charge in [-0.05, 0) is 50.5 Å². The quantitative estimate of drug-likeness (QED) is 0.879. The number of piperidine rings is 2. The van der Waals surface area contributed by atoms with Crippen molar-refractivity contribution in [3.8, 4) is 0 Å². The molecule has 0 spiro atoms. The first-order chi connectivity index (χ1) is 9.74. The van der Waals surface area contributed by atoms with E-state index in [2.05, 4.69) is 15.1 Å². The lowest BCUT2D eigenvalue weighted by Gasteiger charge is -2.48. The highest BCUT2D eigenvalue weighted by atomic mass is 16.3. The predicted octanol–water partition coefficient (Wildman–Crippen LogP) is 1.64. The van der Waals surface area contributed by atoms with Crippen LogP contribution >= 0.6 is 0 Å². The van der Waals surface area contributed by atoms with Crippen molar-refractivity contribution in [1.29, 1.82) is 0 Å². The van der Waals surface area contributed by atoms with E-state index in [1.165, 1.54) is 6.42 Å². The Bertz CT molecular complexity index is 432. The molecule has 2 aliphatic rings. The van der Waals surface area contributed by atoms with E-state index in [0.717, 1.165) is 44.1 Å². The van der Waals surface area contributed by atoms with Crippen LogP contribution in [0.4, 0.5) is 0 Å². The molecular formula is C15H23N3O2. The molecule has 0 saturated carbocycles. The fourth-order valence-corrected chi connectivity index (χ4v) is 3.75. The summed E-state index contributed by atoms with van der Waals surface area (Å²) in [6.45, 7) is 0. The molecule has 0 aromatic carbocycles. The molecule has 2 saturated heterocycles. The molecule has 3 heterocycles. The lowest BCUT2D eigenvalue weighted by atomic mass is 9.82. The van der Waals surface area contributed by atoms with Crippen LogP contribution in [0, 0.1) is 0 Å². The number of H-pyrrole nitrogens is 1. The zero-order valence-corrected chi connectivity index (χ0v) is 11.8. The molecule has 3 atom stereocenters. The van der Waals surface area contributed by atoms with Gasteiger partial charge in [0.05, 0.1) is 12.3 Å². The molecule has 0 aliphatic carbocycles. The third-order valence-electron chi connectivity index (χ3n) is 4.65. The molecule has 1 aromatic heterocycles. The van der Waals surface area contributed by atoms with Crippen LogP contribution in [0.15, 0.2) is 12.4 Å². The average molecular weight is 277 g/mol. The summed E-state index contributed by atoms with van der Waals surface area (Å²) in [5, 5.41) is 16.6. The van der Waals surface area contributed by atoms with Gasteiger partial charge in [-0.3, -0.25) is 9.89 Å². The number of aliphatic hydroxyl groups is 1. The smallest absolute Gasteiger partial charge is 0.223 e. The highest BCUT2D eigenvalue weighted by Crippen LogP contribution is 2.34. The van der Waals surface area contributed by atoms with Gasteiger partial charge in [0.15, 0.2) is 0 Å². The number of aryl methyl sites for hydroxylation is 1. The van der Waals surface area contributed by atoms with Crippen LogP contribution in [0.1, 0.15) is 50.5 Å². The molecule has 5 heteroatoms. The number of hydrogen-bond acceptors (Lipinski definition) is 3. The molecule has 110 valence electrons. The van der Waals surface area contributed by atoms with Crippen molar-refractivity contribution in [3.63, 3.8) is 0 Å². The molecule has 3 rings (SSSR count). The van der Waals surface area contributed by atoms with E-state index in [1.54, 1.807) is 0 Å². The SMILES string of the molecule is O=C(CCCc1cn[nH]c1)N1[C@@H]2CCC[C@H]1CC(O)C2. The molecule has 2 bridgehead atoms. The predicted molar refractivity (Wildman–Crippen MR) is 75.0 cm³/mol. The largest absolute Gasteiger partial charge is 0.393 e. The Labute approximate surface area is 119 Å². The van der Waals surface area contributed by atoms with Crippen molar-refractivity contribution < 1.29 is 9.90 Å². The minimum absolute atomic E-state index is 0.208. The summed E-state index contributed by atoms with van der Waals surface area (Å²) in [7, 11) is 0. The summed E-state index contributed by atoms with van der Waals surface area (Å²) >= 11 is 0. The highest BCUT2D eigenvalue weighted by Gasteiger charge is 2.39. The van der Waals surface area contributed by atoms with Crippen LogP contribution in [0.3, 0.4) is 0 Å². The number of amides is 1. The van der Waals surface area contributed by atoms with Crippen molar-refractivity contribution in [2.45, 2.75) is 69.6 Å². The summed E-state index contributed by atoms with van der Waals surface area (Å²) in [5.41, 5.74) is 1.16. The zero-order valence-electron chi connectivity index (χ0n) is 11.8. The number of aliphatic hydroxyl groups excluding tert-OH is 1. The van der Waals surface area contributed by atoms with Crippen molar-refractivity contribution in [3.05, 3.63) is 18.0 Å². The standard InChI is InChI=1S/C15H23N3O2/c19-14-7-12-4-2-5-13(8-14)18(12)15(20)6-1-3-11-9-16-17-10-11/h9-10,12-14,19H,1-8H2,(H,16,17)/t12-,13+,14?. The van der Waals surface area contributed by atoms with Crippen LogP contribution < -0.4 is 0 Å². The highest BCUT2D eigenvalue weighted by molar-refractivity contribution is 5.77. The molecule has 0 radical (unpaired) electrons. The zero-order chi connectivity index (χ0) is 13.9. The van der Waals surface area contributed by atoms with Gasteiger partial charge in [0.25, 0.3) is 0 Å². The van der Waals surface area contributed by atoms with Gasteiger partial charge in [-0.1, -0.05) is 0 Å². The van der Waals surface area contributed by atoms with Crippen LogP contribution in [0.2, 0.25) is 0 Å². The Morgan fingerprint density at radius 1 is 1.40 bits per heavy atom. The van der Waals surface area contributed by atoms with E-state index in [0.29, 0.717) is 6.42 Å². The Kier molecular flexibility index (Phi) is 4.05. The molecule has 2 aliphatic heterocycles. The monoisotopic (exact) mass is 277 g/mol. The van der Waals surface area contributed by atoms with Gasteiger partial charge in [0, 0.05) is 24.7 Å². The van der Waals surface area contributed by atoms with Gasteiger partial charge in [0.2, 0.25) is 5.91 Å². The van der Waals surface area contributed by atoms with Crippen LogP contribution in [-0.2, 0) is 11.2 Å². The third-order valence-corrected chi connectivity index (χ3v) is 4.65. The minimum Gasteiger partial charge on any atom is -0.393 e. The molecule has 1 unspecified atom stereocenters. The second-order valence-electron chi connectivity index (χ2n) is 6.12. The summed E-state index contributed by atoms with van der Waals surface area (Å²) in [5.74, 6) is 0.273. The van der Waals surface area contributed by atoms with E-state index in [-0.39, 0.29) is 24.1 Å². The lowest BCUT2D eigenvalue weighted by Crippen LogP contribution is -2.55. The maximum atomic E-state index is 12.5. The van der Waals surface area contributed by atoms with Crippen LogP contribution in [-0.4, -0.2) is 44.3 Å². The molecule has 20 heavy (non-hydrogen) atoms. The molecular weight excluding hydrogens is 254 g/mol. The van der Waals surface area contributed by atoms with Gasteiger partial charge in [0.1, 0.15) is 0 Å². The Morgan fingerprint density at radius 3 is 2.80 bits per heavy atom. The van der Waals surface area contributed by atoms with E-state index in [9.17, 15) is 9.90 Å². The minimum atomic E-state index is -0.208. The first-order valence-corrected chi connectivity index (χ1v) is 7.71. The molecule has 1 aromatic rings. The third kappa shape index (κ3) is 2.87. The van der Waals surface area contributed by atoms with Crippen molar-refractivity contribution >= 4 is 5.91 Å².